The maximum absolute atomic E-state index is 14.4. The molecule has 1 atom stereocenters. The number of nitrogen functional groups attached to an aromatic ring is 1. The van der Waals surface area contributed by atoms with Gasteiger partial charge in [-0.2, -0.15) is 0 Å². The van der Waals surface area contributed by atoms with Crippen molar-refractivity contribution >= 4 is 34.2 Å². The lowest BCUT2D eigenvalue weighted by Gasteiger charge is -2.36. The molecular formula is C21H21ClFNO2. The molecule has 1 aromatic carbocycles. The molecule has 0 aliphatic heterocycles. The normalized spacial score (nSPS) is 21.9. The van der Waals surface area contributed by atoms with E-state index in [0.29, 0.717) is 24.2 Å². The van der Waals surface area contributed by atoms with Gasteiger partial charge in [-0.25, -0.2) is 4.39 Å². The van der Waals surface area contributed by atoms with Crippen LogP contribution in [0.15, 0.2) is 28.9 Å². The van der Waals surface area contributed by atoms with Gasteiger partial charge in [-0.05, 0) is 54.2 Å². The van der Waals surface area contributed by atoms with Gasteiger partial charge in [0.15, 0.2) is 5.78 Å². The summed E-state index contributed by atoms with van der Waals surface area (Å²) in [5, 5.41) is 0.281. The van der Waals surface area contributed by atoms with Gasteiger partial charge in [0.25, 0.3) is 0 Å². The van der Waals surface area contributed by atoms with Gasteiger partial charge in [0.1, 0.15) is 11.6 Å². The largest absolute Gasteiger partial charge is 0.464 e. The van der Waals surface area contributed by atoms with E-state index >= 15 is 0 Å². The molecule has 1 aromatic heterocycles. The zero-order valence-electron chi connectivity index (χ0n) is 14.7. The Bertz CT molecular complexity index is 917. The van der Waals surface area contributed by atoms with E-state index < -0.39 is 5.82 Å². The Hall–Kier alpha value is -2.07. The van der Waals surface area contributed by atoms with E-state index in [0.717, 1.165) is 42.4 Å². The number of ketones is 1. The number of nitrogens with two attached hydrogens (primary N) is 1. The van der Waals surface area contributed by atoms with Crippen LogP contribution in [0.2, 0.25) is 5.02 Å². The molecule has 2 N–H and O–H groups in total. The van der Waals surface area contributed by atoms with Crippen LogP contribution in [-0.4, -0.2) is 5.78 Å². The van der Waals surface area contributed by atoms with Crippen LogP contribution in [-0.2, 0) is 11.2 Å². The first-order valence-electron chi connectivity index (χ1n) is 9.07. The summed E-state index contributed by atoms with van der Waals surface area (Å²) in [7, 11) is 0. The summed E-state index contributed by atoms with van der Waals surface area (Å²) in [6.07, 6.45) is 6.49. The van der Waals surface area contributed by atoms with Crippen LogP contribution in [0.1, 0.15) is 55.9 Å². The third-order valence-electron chi connectivity index (χ3n) is 5.81. The molecule has 2 aliphatic rings. The summed E-state index contributed by atoms with van der Waals surface area (Å²) >= 11 is 6.42. The topological polar surface area (TPSA) is 56.2 Å². The molecule has 26 heavy (non-hydrogen) atoms. The third-order valence-corrected chi connectivity index (χ3v) is 6.24. The lowest BCUT2D eigenvalue weighted by atomic mass is 9.67. The quantitative estimate of drug-likeness (QED) is 0.703. The van der Waals surface area contributed by atoms with E-state index in [4.69, 9.17) is 21.8 Å². The second kappa shape index (κ2) is 6.27. The van der Waals surface area contributed by atoms with Gasteiger partial charge >= 0.3 is 0 Å². The van der Waals surface area contributed by atoms with Crippen LogP contribution in [0.25, 0.3) is 11.1 Å². The van der Waals surface area contributed by atoms with E-state index in [2.05, 4.69) is 6.92 Å². The van der Waals surface area contributed by atoms with E-state index in [1.165, 1.54) is 6.07 Å². The summed E-state index contributed by atoms with van der Waals surface area (Å²) in [5.41, 5.74) is 8.67. The molecule has 2 aliphatic carbocycles. The Morgan fingerprint density at radius 2 is 2.23 bits per heavy atom. The summed E-state index contributed by atoms with van der Waals surface area (Å²) < 4.78 is 20.0. The Kier molecular flexibility index (Phi) is 4.19. The minimum atomic E-state index is -0.538. The van der Waals surface area contributed by atoms with Crippen LogP contribution in [0.3, 0.4) is 0 Å². The zero-order valence-corrected chi connectivity index (χ0v) is 15.5. The summed E-state index contributed by atoms with van der Waals surface area (Å²) in [6.45, 7) is 2.15. The number of benzene rings is 1. The highest BCUT2D eigenvalue weighted by Gasteiger charge is 2.48. The van der Waals surface area contributed by atoms with Gasteiger partial charge in [0.05, 0.1) is 22.5 Å². The molecule has 5 heteroatoms. The second-order valence-electron chi connectivity index (χ2n) is 7.32. The first-order valence-corrected chi connectivity index (χ1v) is 9.45. The van der Waals surface area contributed by atoms with Gasteiger partial charge in [0, 0.05) is 11.8 Å². The third kappa shape index (κ3) is 2.43. The summed E-state index contributed by atoms with van der Waals surface area (Å²) in [6, 6.07) is 5.01. The fourth-order valence-electron chi connectivity index (χ4n) is 4.55. The van der Waals surface area contributed by atoms with Crippen LogP contribution < -0.4 is 5.73 Å². The number of anilines is 1. The van der Waals surface area contributed by atoms with Crippen LogP contribution in [0.5, 0.6) is 0 Å². The van der Waals surface area contributed by atoms with Crippen molar-refractivity contribution in [2.45, 2.75) is 45.4 Å². The predicted molar refractivity (Wildman–Crippen MR) is 101 cm³/mol. The maximum atomic E-state index is 14.4. The number of hydrogen-bond donors (Lipinski definition) is 1. The lowest BCUT2D eigenvalue weighted by Crippen LogP contribution is -2.28. The molecule has 1 unspecified atom stereocenters. The van der Waals surface area contributed by atoms with Crippen molar-refractivity contribution in [1.82, 2.24) is 0 Å². The van der Waals surface area contributed by atoms with E-state index in [-0.39, 0.29) is 21.9 Å². The standard InChI is InChI=1S/C21H21ClFNO2/c1-2-3-7-21-8-6-15(25)17(16-5-4-9-26-16)18(21)12-10-14(23)20(24)19(22)13(12)11-21/h4-5,9-10H,2-3,6-8,11,24H2,1H3. The first-order chi connectivity index (χ1) is 12.5. The molecule has 3 nitrogen and oxygen atoms in total. The van der Waals surface area contributed by atoms with Gasteiger partial charge in [-0.1, -0.05) is 31.4 Å². The van der Waals surface area contributed by atoms with Crippen LogP contribution in [0.4, 0.5) is 10.1 Å². The van der Waals surface area contributed by atoms with Crippen LogP contribution >= 0.6 is 11.6 Å². The molecule has 2 aromatic rings. The van der Waals surface area contributed by atoms with Crippen molar-refractivity contribution in [1.29, 1.82) is 0 Å². The highest BCUT2D eigenvalue weighted by Crippen LogP contribution is 2.59. The number of furan rings is 1. The highest BCUT2D eigenvalue weighted by atomic mass is 35.5. The minimum Gasteiger partial charge on any atom is -0.464 e. The van der Waals surface area contributed by atoms with Crippen molar-refractivity contribution in [3.05, 3.63) is 52.2 Å². The number of carbonyl (C=O) groups excluding carboxylic acids is 1. The fraction of sp³-hybridized carbons (Fsp3) is 0.381. The maximum Gasteiger partial charge on any atom is 0.166 e. The molecule has 0 bridgehead atoms. The number of hydrogen-bond acceptors (Lipinski definition) is 3. The molecule has 0 fully saturated rings. The molecular weight excluding hydrogens is 353 g/mol. The zero-order chi connectivity index (χ0) is 18.5. The van der Waals surface area contributed by atoms with Gasteiger partial charge in [-0.15, -0.1) is 0 Å². The Balaban J connectivity index is 2.03. The van der Waals surface area contributed by atoms with Crippen molar-refractivity contribution < 1.29 is 13.6 Å². The average molecular weight is 374 g/mol. The second-order valence-corrected chi connectivity index (χ2v) is 7.70. The predicted octanol–water partition coefficient (Wildman–Crippen LogP) is 5.66. The first kappa shape index (κ1) is 17.3. The van der Waals surface area contributed by atoms with E-state index in [9.17, 15) is 9.18 Å². The number of Topliss-reactive ketones (excluding diaryl/α,β-unsaturated/α-hetero) is 1. The molecule has 0 saturated heterocycles. The highest BCUT2D eigenvalue weighted by molar-refractivity contribution is 6.35. The number of allylic oxidation sites excluding steroid dienone is 2. The van der Waals surface area contributed by atoms with Crippen molar-refractivity contribution in [3.63, 3.8) is 0 Å². The van der Waals surface area contributed by atoms with Crippen molar-refractivity contribution in [2.75, 3.05) is 5.73 Å². The van der Waals surface area contributed by atoms with Gasteiger partial charge in [0.2, 0.25) is 0 Å². The number of rotatable bonds is 4. The van der Waals surface area contributed by atoms with E-state index in [1.807, 2.05) is 0 Å². The molecule has 1 heterocycles. The number of carbonyl (C=O) groups is 1. The number of fused-ring (bicyclic) bond motifs is 3. The smallest absolute Gasteiger partial charge is 0.166 e. The van der Waals surface area contributed by atoms with Crippen LogP contribution in [0, 0.1) is 11.2 Å². The summed E-state index contributed by atoms with van der Waals surface area (Å²) in [4.78, 5) is 12.8. The molecule has 0 spiro atoms. The molecule has 4 rings (SSSR count). The molecule has 0 amide bonds. The monoisotopic (exact) mass is 373 g/mol. The minimum absolute atomic E-state index is 0.0128. The van der Waals surface area contributed by atoms with E-state index in [1.54, 1.807) is 18.4 Å². The number of unbranched alkanes of at least 4 members (excludes halogenated alkanes) is 1. The lowest BCUT2D eigenvalue weighted by molar-refractivity contribution is -0.114. The van der Waals surface area contributed by atoms with Crippen molar-refractivity contribution in [2.24, 2.45) is 5.41 Å². The fourth-order valence-corrected chi connectivity index (χ4v) is 4.81. The number of halogens is 2. The Morgan fingerprint density at radius 3 is 2.92 bits per heavy atom. The van der Waals surface area contributed by atoms with Gasteiger partial charge < -0.3 is 10.2 Å². The summed E-state index contributed by atoms with van der Waals surface area (Å²) in [5.74, 6) is 0.0550. The van der Waals surface area contributed by atoms with Gasteiger partial charge in [-0.3, -0.25) is 4.79 Å². The SMILES string of the molecule is CCCCC12CCC(=O)C(c3ccco3)=C1c1cc(F)c(N)c(Cl)c1C2. The Morgan fingerprint density at radius 1 is 1.42 bits per heavy atom. The van der Waals surface area contributed by atoms with Crippen molar-refractivity contribution in [3.8, 4) is 0 Å². The average Bonchev–Trinajstić information content (AvgIpc) is 3.26. The molecule has 136 valence electrons. The molecule has 0 saturated carbocycles. The Labute approximate surface area is 157 Å². The molecule has 0 radical (unpaired) electrons.